The maximum absolute atomic E-state index is 14.6. The van der Waals surface area contributed by atoms with Crippen LogP contribution in [0.2, 0.25) is 0 Å². The van der Waals surface area contributed by atoms with E-state index >= 15 is 0 Å². The van der Waals surface area contributed by atoms with Gasteiger partial charge in [-0.3, -0.25) is 9.59 Å². The molecule has 0 aliphatic carbocycles. The van der Waals surface area contributed by atoms with Crippen molar-refractivity contribution >= 4 is 23.8 Å². The fourth-order valence-electron chi connectivity index (χ4n) is 9.38. The molecule has 0 bridgehead atoms. The van der Waals surface area contributed by atoms with Crippen molar-refractivity contribution in [1.29, 1.82) is 0 Å². The highest BCUT2D eigenvalue weighted by molar-refractivity contribution is 5.89. The number of ether oxygens (including phenoxy) is 6. The number of esters is 2. The van der Waals surface area contributed by atoms with Gasteiger partial charge in [-0.2, -0.15) is 0 Å². The average molecular weight is 823 g/mol. The minimum absolute atomic E-state index is 0.144. The Labute approximate surface area is 349 Å². The summed E-state index contributed by atoms with van der Waals surface area (Å²) in [4.78, 5) is 57.1. The van der Waals surface area contributed by atoms with Gasteiger partial charge in [0.15, 0.2) is 18.0 Å². The first-order valence-electron chi connectivity index (χ1n) is 21.2. The highest BCUT2D eigenvalue weighted by atomic mass is 16.7. The monoisotopic (exact) mass is 822 g/mol. The maximum Gasteiger partial charge on any atom is 0.408 e. The molecule has 2 aromatic rings. The first kappa shape index (κ1) is 46.2. The summed E-state index contributed by atoms with van der Waals surface area (Å²) in [5.41, 5.74) is -1.13. The Morgan fingerprint density at radius 3 is 2.22 bits per heavy atom. The van der Waals surface area contributed by atoms with Gasteiger partial charge < -0.3 is 43.7 Å². The second-order valence-corrected chi connectivity index (χ2v) is 17.6. The molecule has 326 valence electrons. The van der Waals surface area contributed by atoms with Crippen LogP contribution in [0.4, 0.5) is 4.79 Å². The van der Waals surface area contributed by atoms with E-state index in [1.807, 2.05) is 71.0 Å². The molecule has 3 fully saturated rings. The lowest BCUT2D eigenvalue weighted by Crippen LogP contribution is -2.61. The van der Waals surface area contributed by atoms with Crippen molar-refractivity contribution in [3.05, 3.63) is 71.8 Å². The molecule has 0 aromatic heterocycles. The SMILES string of the molecule is CC[C@@H]1OC(=O)[C@H](C)[C@H](O)[C@H](C)[C@@H](O[C@@H]2O[C@H](C)C[C@H](N(C)C)[C@H]2OC(=O)c2ccccc2)[C@@](C)(OCCCc2ccccc2)C[C@@H](C)C(=O)[C@@H](C)[C@H]2NC(=O)O[C@]12C. The molecule has 5 rings (SSSR count). The third-order valence-corrected chi connectivity index (χ3v) is 12.8. The molecule has 3 heterocycles. The van der Waals surface area contributed by atoms with E-state index in [-0.39, 0.29) is 37.4 Å². The molecule has 13 nitrogen and oxygen atoms in total. The van der Waals surface area contributed by atoms with Crippen molar-refractivity contribution in [2.24, 2.45) is 23.7 Å². The number of rotatable bonds is 11. The van der Waals surface area contributed by atoms with Crippen molar-refractivity contribution in [3.8, 4) is 0 Å². The fraction of sp³-hybridized carbons (Fsp3) is 0.652. The van der Waals surface area contributed by atoms with E-state index in [4.69, 9.17) is 28.4 Å². The summed E-state index contributed by atoms with van der Waals surface area (Å²) >= 11 is 0. The van der Waals surface area contributed by atoms with Gasteiger partial charge >= 0.3 is 18.0 Å². The van der Waals surface area contributed by atoms with Crippen LogP contribution >= 0.6 is 0 Å². The number of aliphatic hydroxyl groups is 1. The van der Waals surface area contributed by atoms with Crippen LogP contribution in [0, 0.1) is 23.7 Å². The van der Waals surface area contributed by atoms with Crippen molar-refractivity contribution in [2.75, 3.05) is 20.7 Å². The minimum atomic E-state index is -1.36. The summed E-state index contributed by atoms with van der Waals surface area (Å²) in [6.45, 7) is 14.5. The number of fused-ring (bicyclic) bond motifs is 1. The summed E-state index contributed by atoms with van der Waals surface area (Å²) < 4.78 is 38.7. The molecule has 3 aliphatic rings. The Balaban J connectivity index is 1.58. The number of benzene rings is 2. The molecule has 0 spiro atoms. The van der Waals surface area contributed by atoms with E-state index in [1.54, 1.807) is 52.0 Å². The minimum Gasteiger partial charge on any atom is -0.458 e. The number of nitrogens with one attached hydrogen (secondary N) is 1. The van der Waals surface area contributed by atoms with Crippen LogP contribution in [0.15, 0.2) is 60.7 Å². The highest BCUT2D eigenvalue weighted by Crippen LogP contribution is 2.41. The largest absolute Gasteiger partial charge is 0.458 e. The van der Waals surface area contributed by atoms with Gasteiger partial charge in [0, 0.05) is 24.4 Å². The lowest BCUT2D eigenvalue weighted by Gasteiger charge is -2.49. The van der Waals surface area contributed by atoms with Crippen molar-refractivity contribution < 1.29 is 52.7 Å². The van der Waals surface area contributed by atoms with Crippen LogP contribution in [0.3, 0.4) is 0 Å². The van der Waals surface area contributed by atoms with Gasteiger partial charge in [-0.25, -0.2) is 9.59 Å². The summed E-state index contributed by atoms with van der Waals surface area (Å²) in [6, 6.07) is 17.6. The summed E-state index contributed by atoms with van der Waals surface area (Å²) in [5.74, 6) is -4.67. The van der Waals surface area contributed by atoms with E-state index in [1.165, 1.54) is 0 Å². The van der Waals surface area contributed by atoms with Crippen molar-refractivity contribution in [1.82, 2.24) is 10.2 Å². The number of alkyl carbamates (subject to hydrolysis) is 1. The summed E-state index contributed by atoms with van der Waals surface area (Å²) in [6.07, 6.45) is -3.98. The van der Waals surface area contributed by atoms with Crippen molar-refractivity contribution in [3.63, 3.8) is 0 Å². The Kier molecular flexibility index (Phi) is 15.4. The van der Waals surface area contributed by atoms with Gasteiger partial charge in [0.1, 0.15) is 11.9 Å². The van der Waals surface area contributed by atoms with Crippen LogP contribution in [-0.4, -0.2) is 115 Å². The zero-order chi connectivity index (χ0) is 43.2. The van der Waals surface area contributed by atoms with E-state index in [2.05, 4.69) is 17.4 Å². The average Bonchev–Trinajstić information content (AvgIpc) is 3.53. The predicted molar refractivity (Wildman–Crippen MR) is 220 cm³/mol. The first-order chi connectivity index (χ1) is 27.9. The molecule has 2 N–H and O–H groups in total. The number of carbonyl (C=O) groups is 4. The van der Waals surface area contributed by atoms with Crippen LogP contribution in [0.1, 0.15) is 97.0 Å². The molecule has 3 saturated heterocycles. The Morgan fingerprint density at radius 1 is 0.949 bits per heavy atom. The van der Waals surface area contributed by atoms with Gasteiger partial charge in [-0.1, -0.05) is 76.2 Å². The number of aryl methyl sites for hydroxylation is 1. The standard InChI is InChI=1S/C46H66N2O11/c1-11-35-46(8)39(47-44(53)59-46)29(4)36(49)27(2)26-45(7,54-24-18-21-32-19-14-12-15-20-32)40(30(5)37(50)31(6)41(51)56-35)58-43-38(34(48(9)10)25-28(3)55-43)57-42(52)33-22-16-13-17-23-33/h12-17,19-20,22-23,27-31,34-35,37-40,43,50H,11,18,21,24-26H2,1-10H3,(H,47,53)/t27-,28-,29-,30+,31-,34+,35+,37-,38-,39-,40-,43+,45+,46-/m1/s1. The Morgan fingerprint density at radius 2 is 1.59 bits per heavy atom. The number of aliphatic hydroxyl groups excluding tert-OH is 1. The van der Waals surface area contributed by atoms with E-state index < -0.39 is 89.7 Å². The predicted octanol–water partition coefficient (Wildman–Crippen LogP) is 6.14. The van der Waals surface area contributed by atoms with Gasteiger partial charge in [0.05, 0.1) is 47.5 Å². The molecular weight excluding hydrogens is 757 g/mol. The third-order valence-electron chi connectivity index (χ3n) is 12.8. The topological polar surface area (TPSA) is 159 Å². The summed E-state index contributed by atoms with van der Waals surface area (Å²) in [5, 5.41) is 15.0. The molecule has 13 heteroatoms. The fourth-order valence-corrected chi connectivity index (χ4v) is 9.38. The first-order valence-corrected chi connectivity index (χ1v) is 21.2. The second kappa shape index (κ2) is 19.7. The normalized spacial score (nSPS) is 37.1. The van der Waals surface area contributed by atoms with Gasteiger partial charge in [0.25, 0.3) is 0 Å². The Hall–Kier alpha value is -3.88. The Bertz CT molecular complexity index is 1730. The van der Waals surface area contributed by atoms with E-state index in [9.17, 15) is 24.3 Å². The number of cyclic esters (lactones) is 1. The molecule has 0 unspecified atom stereocenters. The molecule has 0 radical (unpaired) electrons. The lowest BCUT2D eigenvalue weighted by molar-refractivity contribution is -0.303. The van der Waals surface area contributed by atoms with Crippen molar-refractivity contribution in [2.45, 2.75) is 148 Å². The zero-order valence-corrected chi connectivity index (χ0v) is 36.4. The number of amides is 1. The molecular formula is C46H66N2O11. The number of ketones is 1. The molecule has 14 atom stereocenters. The zero-order valence-electron chi connectivity index (χ0n) is 36.4. The maximum atomic E-state index is 14.6. The van der Waals surface area contributed by atoms with Crippen LogP contribution in [-0.2, 0) is 44.4 Å². The number of hydrogen-bond acceptors (Lipinski definition) is 12. The van der Waals surface area contributed by atoms with Crippen LogP contribution in [0.25, 0.3) is 0 Å². The lowest BCUT2D eigenvalue weighted by atomic mass is 9.73. The van der Waals surface area contributed by atoms with E-state index in [0.29, 0.717) is 18.4 Å². The van der Waals surface area contributed by atoms with Gasteiger partial charge in [-0.05, 0) is 91.6 Å². The number of carbonyl (C=O) groups excluding carboxylic acids is 4. The van der Waals surface area contributed by atoms with Gasteiger partial charge in [0.2, 0.25) is 0 Å². The second-order valence-electron chi connectivity index (χ2n) is 17.6. The smallest absolute Gasteiger partial charge is 0.408 e. The van der Waals surface area contributed by atoms with Crippen LogP contribution in [0.5, 0.6) is 0 Å². The van der Waals surface area contributed by atoms with E-state index in [0.717, 1.165) is 12.0 Å². The molecule has 2 aromatic carbocycles. The molecule has 0 saturated carbocycles. The summed E-state index contributed by atoms with van der Waals surface area (Å²) in [7, 11) is 3.82. The van der Waals surface area contributed by atoms with Gasteiger partial charge in [-0.15, -0.1) is 0 Å². The third kappa shape index (κ3) is 10.5. The number of Topliss-reactive ketones (excluding diaryl/α,β-unsaturated/α-hetero) is 1. The molecule has 59 heavy (non-hydrogen) atoms. The number of nitrogens with zero attached hydrogens (tertiary/aromatic N) is 1. The number of likely N-dealkylation sites (N-methyl/N-ethyl adjacent to an activating group) is 1. The number of hydrogen-bond donors (Lipinski definition) is 2. The van der Waals surface area contributed by atoms with Crippen LogP contribution < -0.4 is 5.32 Å². The molecule has 3 aliphatic heterocycles. The highest BCUT2D eigenvalue weighted by Gasteiger charge is 2.57. The quantitative estimate of drug-likeness (QED) is 0.152. The molecule has 1 amide bonds.